The van der Waals surface area contributed by atoms with Crippen molar-refractivity contribution in [2.24, 2.45) is 5.41 Å². The summed E-state index contributed by atoms with van der Waals surface area (Å²) in [5.41, 5.74) is 2.21. The molecule has 1 aromatic carbocycles. The van der Waals surface area contributed by atoms with Gasteiger partial charge < -0.3 is 19.1 Å². The van der Waals surface area contributed by atoms with E-state index < -0.39 is 41.9 Å². The number of esters is 2. The number of nitrogens with zero attached hydrogens (tertiary/aromatic N) is 5. The van der Waals surface area contributed by atoms with E-state index in [0.717, 1.165) is 11.1 Å². The van der Waals surface area contributed by atoms with Crippen LogP contribution in [0.4, 0.5) is 5.82 Å². The zero-order valence-electron chi connectivity index (χ0n) is 21.1. The van der Waals surface area contributed by atoms with Gasteiger partial charge in [-0.05, 0) is 30.0 Å². The molecule has 0 bridgehead atoms. The maximum Gasteiger partial charge on any atom is 0.303 e. The van der Waals surface area contributed by atoms with Crippen molar-refractivity contribution in [1.82, 2.24) is 19.5 Å². The molecule has 4 atom stereocenters. The van der Waals surface area contributed by atoms with Gasteiger partial charge in [0.05, 0.1) is 11.7 Å². The van der Waals surface area contributed by atoms with Crippen molar-refractivity contribution in [1.29, 1.82) is 0 Å². The van der Waals surface area contributed by atoms with Gasteiger partial charge in [-0.25, -0.2) is 4.98 Å². The quantitative estimate of drug-likeness (QED) is 0.353. The van der Waals surface area contributed by atoms with Crippen molar-refractivity contribution >= 4 is 46.3 Å². The fourth-order valence-electron chi connectivity index (χ4n) is 5.91. The average Bonchev–Trinajstić information content (AvgIpc) is 3.50. The van der Waals surface area contributed by atoms with E-state index in [0.29, 0.717) is 42.9 Å². The molecule has 1 unspecified atom stereocenters. The van der Waals surface area contributed by atoms with Crippen LogP contribution in [0.3, 0.4) is 0 Å². The maximum absolute atomic E-state index is 13.2. The smallest absolute Gasteiger partial charge is 0.303 e. The summed E-state index contributed by atoms with van der Waals surface area (Å²) in [4.78, 5) is 52.3. The van der Waals surface area contributed by atoms with Crippen LogP contribution in [-0.2, 0) is 30.2 Å². The van der Waals surface area contributed by atoms with Gasteiger partial charge in [0.2, 0.25) is 5.28 Å². The molecule has 0 amide bonds. The van der Waals surface area contributed by atoms with Gasteiger partial charge in [0.1, 0.15) is 6.10 Å². The van der Waals surface area contributed by atoms with E-state index in [1.54, 1.807) is 4.57 Å². The van der Waals surface area contributed by atoms with Gasteiger partial charge in [-0.3, -0.25) is 19.0 Å². The summed E-state index contributed by atoms with van der Waals surface area (Å²) in [6.07, 6.45) is -0.353. The SMILES string of the molecule is CC[C@H]1O[C@@H](n2cnc3c(N4CC5(Cc6ccccc6C5=O)C4)nc(Cl)nc32)[C@@H](OC(C)=O)C1OC(C)=O. The van der Waals surface area contributed by atoms with E-state index in [2.05, 4.69) is 15.0 Å². The summed E-state index contributed by atoms with van der Waals surface area (Å²) in [6, 6.07) is 7.71. The first-order valence-electron chi connectivity index (χ1n) is 12.5. The normalized spacial score (nSPS) is 25.5. The lowest BCUT2D eigenvalue weighted by molar-refractivity contribution is -0.165. The van der Waals surface area contributed by atoms with Crippen molar-refractivity contribution in [2.45, 2.75) is 58.2 Å². The van der Waals surface area contributed by atoms with Crippen molar-refractivity contribution < 1.29 is 28.6 Å². The second kappa shape index (κ2) is 9.02. The minimum Gasteiger partial charge on any atom is -0.456 e. The first-order valence-corrected chi connectivity index (χ1v) is 12.9. The van der Waals surface area contributed by atoms with Crippen LogP contribution in [0.15, 0.2) is 30.6 Å². The van der Waals surface area contributed by atoms with Crippen LogP contribution in [0, 0.1) is 5.41 Å². The molecule has 2 aromatic heterocycles. The molecule has 1 aliphatic carbocycles. The summed E-state index contributed by atoms with van der Waals surface area (Å²) < 4.78 is 18.9. The number of ketones is 1. The molecule has 3 aromatic rings. The summed E-state index contributed by atoms with van der Waals surface area (Å²) in [7, 11) is 0. The molecule has 2 fully saturated rings. The number of hydrogen-bond acceptors (Lipinski definition) is 10. The lowest BCUT2D eigenvalue weighted by Crippen LogP contribution is -2.60. The Morgan fingerprint density at radius 1 is 1.13 bits per heavy atom. The molecule has 6 rings (SSSR count). The van der Waals surface area contributed by atoms with Crippen molar-refractivity contribution in [2.75, 3.05) is 18.0 Å². The Morgan fingerprint density at radius 3 is 2.53 bits per heavy atom. The fourth-order valence-corrected chi connectivity index (χ4v) is 6.07. The second-order valence-electron chi connectivity index (χ2n) is 10.1. The zero-order chi connectivity index (χ0) is 26.8. The highest BCUT2D eigenvalue weighted by atomic mass is 35.5. The van der Waals surface area contributed by atoms with Crippen LogP contribution in [0.1, 0.15) is 49.3 Å². The van der Waals surface area contributed by atoms with Gasteiger partial charge in [-0.2, -0.15) is 9.97 Å². The Balaban J connectivity index is 1.33. The van der Waals surface area contributed by atoms with E-state index in [4.69, 9.17) is 25.8 Å². The van der Waals surface area contributed by atoms with E-state index in [-0.39, 0.29) is 11.1 Å². The summed E-state index contributed by atoms with van der Waals surface area (Å²) in [6.45, 7) is 5.44. The Kier molecular flexibility index (Phi) is 5.88. The first-order chi connectivity index (χ1) is 18.2. The highest BCUT2D eigenvalue weighted by Crippen LogP contribution is 2.46. The van der Waals surface area contributed by atoms with Crippen molar-refractivity contribution in [3.8, 4) is 0 Å². The number of fused-ring (bicyclic) bond motifs is 2. The fraction of sp³-hybridized carbons (Fsp3) is 0.462. The number of benzene rings is 1. The first kappa shape index (κ1) is 24.7. The highest BCUT2D eigenvalue weighted by molar-refractivity contribution is 6.28. The number of halogens is 1. The molecular weight excluding hydrogens is 514 g/mol. The minimum atomic E-state index is -0.919. The largest absolute Gasteiger partial charge is 0.456 e. The number of aromatic nitrogens is 4. The molecule has 11 nitrogen and oxygen atoms in total. The number of anilines is 1. The molecule has 2 aliphatic heterocycles. The summed E-state index contributed by atoms with van der Waals surface area (Å²) in [5.74, 6) is -0.382. The monoisotopic (exact) mass is 539 g/mol. The average molecular weight is 540 g/mol. The molecule has 198 valence electrons. The van der Waals surface area contributed by atoms with Gasteiger partial charge in [0.25, 0.3) is 0 Å². The number of carbonyl (C=O) groups excluding carboxylic acids is 3. The molecule has 38 heavy (non-hydrogen) atoms. The number of rotatable bonds is 5. The van der Waals surface area contributed by atoms with Gasteiger partial charge >= 0.3 is 11.9 Å². The topological polar surface area (TPSA) is 126 Å². The van der Waals surface area contributed by atoms with Crippen LogP contribution < -0.4 is 4.90 Å². The molecule has 0 saturated carbocycles. The third-order valence-electron chi connectivity index (χ3n) is 7.50. The van der Waals surface area contributed by atoms with E-state index in [9.17, 15) is 14.4 Å². The molecular formula is C26H26ClN5O6. The number of imidazole rings is 1. The molecule has 1 spiro atoms. The molecule has 2 saturated heterocycles. The van der Waals surface area contributed by atoms with Crippen LogP contribution in [0.5, 0.6) is 0 Å². The lowest BCUT2D eigenvalue weighted by Gasteiger charge is -2.47. The van der Waals surface area contributed by atoms with Gasteiger partial charge in [-0.1, -0.05) is 31.2 Å². The summed E-state index contributed by atoms with van der Waals surface area (Å²) in [5, 5.41) is 0.00171. The second-order valence-corrected chi connectivity index (χ2v) is 10.4. The van der Waals surface area contributed by atoms with Gasteiger partial charge in [0, 0.05) is 32.5 Å². The number of hydrogen-bond donors (Lipinski definition) is 0. The number of ether oxygens (including phenoxy) is 3. The Labute approximate surface area is 223 Å². The van der Waals surface area contributed by atoms with E-state index in [1.165, 1.54) is 20.2 Å². The molecule has 12 heteroatoms. The standard InChI is InChI=1S/C26H26ClN5O6/c1-4-17-19(36-13(2)33)20(37-14(3)34)24(38-17)32-12-28-18-22(29-25(27)30-23(18)32)31-10-26(11-31)9-15-7-5-6-8-16(15)21(26)35/h5-8,12,17,19-20,24H,4,9-11H2,1-3H3/t17-,19?,20+,24-/m1/s1. The van der Waals surface area contributed by atoms with Crippen LogP contribution >= 0.6 is 11.6 Å². The third kappa shape index (κ3) is 3.83. The Morgan fingerprint density at radius 2 is 1.84 bits per heavy atom. The molecule has 4 heterocycles. The number of Topliss-reactive ketones (excluding diaryl/α,β-unsaturated/α-hetero) is 1. The minimum absolute atomic E-state index is 0.00171. The van der Waals surface area contributed by atoms with Crippen LogP contribution in [0.2, 0.25) is 5.28 Å². The van der Waals surface area contributed by atoms with Gasteiger partial charge in [-0.15, -0.1) is 0 Å². The maximum atomic E-state index is 13.2. The Hall–Kier alpha value is -3.57. The number of carbonyl (C=O) groups is 3. The third-order valence-corrected chi connectivity index (χ3v) is 7.67. The van der Waals surface area contributed by atoms with Crippen molar-refractivity contribution in [3.05, 3.63) is 47.0 Å². The van der Waals surface area contributed by atoms with Crippen LogP contribution in [0.25, 0.3) is 11.2 Å². The molecule has 0 N–H and O–H groups in total. The molecule has 3 aliphatic rings. The zero-order valence-corrected chi connectivity index (χ0v) is 21.8. The Bertz CT molecular complexity index is 1470. The highest BCUT2D eigenvalue weighted by Gasteiger charge is 2.55. The van der Waals surface area contributed by atoms with E-state index >= 15 is 0 Å². The lowest BCUT2D eigenvalue weighted by atomic mass is 9.76. The predicted molar refractivity (Wildman–Crippen MR) is 135 cm³/mol. The van der Waals surface area contributed by atoms with Crippen LogP contribution in [-0.4, -0.2) is 68.6 Å². The predicted octanol–water partition coefficient (Wildman–Crippen LogP) is 2.90. The van der Waals surface area contributed by atoms with Crippen molar-refractivity contribution in [3.63, 3.8) is 0 Å². The molecule has 0 radical (unpaired) electrons. The van der Waals surface area contributed by atoms with Gasteiger partial charge in [0.15, 0.2) is 41.2 Å². The van der Waals surface area contributed by atoms with E-state index in [1.807, 2.05) is 36.1 Å². The summed E-state index contributed by atoms with van der Waals surface area (Å²) >= 11 is 6.36.